The molecule has 2 saturated heterocycles. The summed E-state index contributed by atoms with van der Waals surface area (Å²) in [6.45, 7) is 4.36. The van der Waals surface area contributed by atoms with Crippen molar-refractivity contribution in [3.8, 4) is 0 Å². The van der Waals surface area contributed by atoms with Gasteiger partial charge in [-0.2, -0.15) is 8.78 Å². The second kappa shape index (κ2) is 10.9. The molecule has 3 amide bonds. The number of piperazine rings is 1. The Balaban J connectivity index is 1.21. The number of hydrogen-bond donors (Lipinski definition) is 1. The Kier molecular flexibility index (Phi) is 7.59. The molecule has 2 aromatic carbocycles. The lowest BCUT2D eigenvalue weighted by atomic mass is 9.96. The minimum absolute atomic E-state index is 0.106. The van der Waals surface area contributed by atoms with Gasteiger partial charge in [0.1, 0.15) is 6.04 Å². The number of amides is 3. The summed E-state index contributed by atoms with van der Waals surface area (Å²) in [5, 5.41) is 2.27. The van der Waals surface area contributed by atoms with Crippen molar-refractivity contribution in [3.05, 3.63) is 70.3 Å². The number of nitrogens with zero attached hydrogens (tertiary/aromatic N) is 3. The van der Waals surface area contributed by atoms with Gasteiger partial charge in [-0.15, -0.1) is 0 Å². The van der Waals surface area contributed by atoms with Crippen molar-refractivity contribution < 1.29 is 28.0 Å². The van der Waals surface area contributed by atoms with Gasteiger partial charge in [0.2, 0.25) is 17.6 Å². The van der Waals surface area contributed by atoms with Crippen LogP contribution in [0.15, 0.2) is 42.5 Å². The topological polar surface area (TPSA) is 90.0 Å². The van der Waals surface area contributed by atoms with Crippen LogP contribution in [0.2, 0.25) is 0 Å². The summed E-state index contributed by atoms with van der Waals surface area (Å²) in [6, 6.07) is 10.4. The van der Waals surface area contributed by atoms with Crippen LogP contribution in [0, 0.1) is 0 Å². The third-order valence-electron chi connectivity index (χ3n) is 7.87. The highest BCUT2D eigenvalue weighted by atomic mass is 19.3. The molecule has 0 radical (unpaired) electrons. The fourth-order valence-corrected chi connectivity index (χ4v) is 5.49. The van der Waals surface area contributed by atoms with E-state index < -0.39 is 23.7 Å². The Hall–Kier alpha value is -3.50. The number of nitrogens with one attached hydrogen (secondary N) is 1. The Labute approximate surface area is 225 Å². The third kappa shape index (κ3) is 5.77. The molecule has 0 spiro atoms. The van der Waals surface area contributed by atoms with Gasteiger partial charge >= 0.3 is 5.92 Å². The van der Waals surface area contributed by atoms with E-state index in [2.05, 4.69) is 22.2 Å². The van der Waals surface area contributed by atoms with Gasteiger partial charge < -0.3 is 9.80 Å². The molecule has 8 nitrogen and oxygen atoms in total. The van der Waals surface area contributed by atoms with Gasteiger partial charge in [0.25, 0.3) is 5.91 Å². The number of benzene rings is 2. The number of hydrogen-bond acceptors (Lipinski definition) is 6. The maximum Gasteiger partial charge on any atom is 0.330 e. The molecular formula is C29H32F2N4O4. The lowest BCUT2D eigenvalue weighted by Gasteiger charge is -2.32. The summed E-state index contributed by atoms with van der Waals surface area (Å²) < 4.78 is 30.3. The quantitative estimate of drug-likeness (QED) is 0.520. The number of ketones is 1. The zero-order valence-corrected chi connectivity index (χ0v) is 21.9. The Morgan fingerprint density at radius 1 is 1.03 bits per heavy atom. The summed E-state index contributed by atoms with van der Waals surface area (Å²) in [7, 11) is 2.06. The maximum absolute atomic E-state index is 15.2. The minimum Gasteiger partial charge on any atom is -0.322 e. The summed E-state index contributed by atoms with van der Waals surface area (Å²) in [5.74, 6) is -5.90. The van der Waals surface area contributed by atoms with Crippen molar-refractivity contribution in [3.63, 3.8) is 0 Å². The number of carbonyl (C=O) groups excluding carboxylic acids is 4. The Morgan fingerprint density at radius 2 is 1.79 bits per heavy atom. The van der Waals surface area contributed by atoms with E-state index in [0.29, 0.717) is 23.2 Å². The summed E-state index contributed by atoms with van der Waals surface area (Å²) >= 11 is 0. The van der Waals surface area contributed by atoms with Crippen LogP contribution in [0.25, 0.3) is 0 Å². The number of likely N-dealkylation sites (N-methyl/N-ethyl adjacent to an activating group) is 1. The first-order valence-electron chi connectivity index (χ1n) is 13.3. The van der Waals surface area contributed by atoms with E-state index >= 15 is 8.78 Å². The van der Waals surface area contributed by atoms with Crippen LogP contribution in [0.4, 0.5) is 8.78 Å². The standard InChI is InChI=1S/C29H32F2N4O4/c1-33-11-13-34(14-12-33)17-20-3-2-4-22(16-20)29(30,31)25(36)9-6-19-5-7-23-21(15-19)18-35(28(23)39)24-8-10-26(37)32-27(24)38/h2-5,7,15-16,24H,6,8-14,17-18H2,1H3,(H,32,37,38). The largest absolute Gasteiger partial charge is 0.330 e. The van der Waals surface area contributed by atoms with Gasteiger partial charge in [0.05, 0.1) is 0 Å². The molecule has 0 aliphatic carbocycles. The van der Waals surface area contributed by atoms with Gasteiger partial charge in [-0.25, -0.2) is 0 Å². The fraction of sp³-hybridized carbons (Fsp3) is 0.448. The number of alkyl halides is 2. The first kappa shape index (κ1) is 27.1. The number of aryl methyl sites for hydroxylation is 1. The molecule has 5 rings (SSSR count). The van der Waals surface area contributed by atoms with Crippen molar-refractivity contribution in [2.45, 2.75) is 50.7 Å². The van der Waals surface area contributed by atoms with Crippen molar-refractivity contribution in [1.82, 2.24) is 20.0 Å². The predicted molar refractivity (Wildman–Crippen MR) is 139 cm³/mol. The average Bonchev–Trinajstić information content (AvgIpc) is 3.24. The average molecular weight is 539 g/mol. The van der Waals surface area contributed by atoms with Crippen LogP contribution in [-0.4, -0.2) is 77.5 Å². The van der Waals surface area contributed by atoms with Crippen LogP contribution < -0.4 is 5.32 Å². The molecule has 1 atom stereocenters. The number of Topliss-reactive ketones (excluding diaryl/α,β-unsaturated/α-hetero) is 1. The van der Waals surface area contributed by atoms with Crippen molar-refractivity contribution in [2.24, 2.45) is 0 Å². The van der Waals surface area contributed by atoms with Gasteiger partial charge in [-0.05, 0) is 48.7 Å². The van der Waals surface area contributed by atoms with E-state index in [9.17, 15) is 19.2 Å². The molecule has 3 aliphatic rings. The molecule has 2 fully saturated rings. The molecule has 39 heavy (non-hydrogen) atoms. The summed E-state index contributed by atoms with van der Waals surface area (Å²) in [6.07, 6.45) is 0.183. The molecule has 10 heteroatoms. The molecule has 0 aromatic heterocycles. The number of halogens is 2. The van der Waals surface area contributed by atoms with Crippen LogP contribution in [0.3, 0.4) is 0 Å². The third-order valence-corrected chi connectivity index (χ3v) is 7.87. The summed E-state index contributed by atoms with van der Waals surface area (Å²) in [5.41, 5.74) is 2.25. The van der Waals surface area contributed by atoms with E-state index in [1.165, 1.54) is 17.0 Å². The lowest BCUT2D eigenvalue weighted by molar-refractivity contribution is -0.144. The number of fused-ring (bicyclic) bond motifs is 1. The monoisotopic (exact) mass is 538 g/mol. The van der Waals surface area contributed by atoms with Crippen molar-refractivity contribution in [1.29, 1.82) is 0 Å². The molecule has 2 aromatic rings. The molecule has 0 bridgehead atoms. The van der Waals surface area contributed by atoms with Gasteiger partial charge in [0.15, 0.2) is 0 Å². The molecule has 206 valence electrons. The van der Waals surface area contributed by atoms with E-state index in [1.807, 2.05) is 6.07 Å². The highest BCUT2D eigenvalue weighted by Gasteiger charge is 2.41. The second-order valence-electron chi connectivity index (χ2n) is 10.7. The molecule has 0 saturated carbocycles. The van der Waals surface area contributed by atoms with E-state index in [0.717, 1.165) is 31.7 Å². The van der Waals surface area contributed by atoms with E-state index in [1.54, 1.807) is 24.3 Å². The van der Waals surface area contributed by atoms with Crippen LogP contribution in [0.1, 0.15) is 51.9 Å². The van der Waals surface area contributed by atoms with Gasteiger partial charge in [-0.3, -0.25) is 29.4 Å². The Morgan fingerprint density at radius 3 is 2.54 bits per heavy atom. The first-order valence-corrected chi connectivity index (χ1v) is 13.3. The molecule has 3 aliphatic heterocycles. The minimum atomic E-state index is -3.60. The molecular weight excluding hydrogens is 506 g/mol. The van der Waals surface area contributed by atoms with E-state index in [-0.39, 0.29) is 49.6 Å². The maximum atomic E-state index is 15.2. The fourth-order valence-electron chi connectivity index (χ4n) is 5.49. The highest BCUT2D eigenvalue weighted by Crippen LogP contribution is 2.33. The van der Waals surface area contributed by atoms with Crippen LogP contribution in [0.5, 0.6) is 0 Å². The van der Waals surface area contributed by atoms with Crippen molar-refractivity contribution >= 4 is 23.5 Å². The molecule has 1 unspecified atom stereocenters. The molecule has 3 heterocycles. The smallest absolute Gasteiger partial charge is 0.322 e. The zero-order chi connectivity index (χ0) is 27.7. The number of imide groups is 1. The van der Waals surface area contributed by atoms with Crippen LogP contribution in [-0.2, 0) is 39.8 Å². The lowest BCUT2D eigenvalue weighted by Crippen LogP contribution is -2.52. The van der Waals surface area contributed by atoms with Crippen molar-refractivity contribution in [2.75, 3.05) is 33.2 Å². The Bertz CT molecular complexity index is 1310. The van der Waals surface area contributed by atoms with Crippen LogP contribution >= 0.6 is 0 Å². The predicted octanol–water partition coefficient (Wildman–Crippen LogP) is 2.49. The SMILES string of the molecule is CN1CCN(Cc2cccc(C(F)(F)C(=O)CCc3ccc4c(c3)CN(C3CCC(=O)NC3=O)C4=O)c2)CC1. The van der Waals surface area contributed by atoms with Gasteiger partial charge in [-0.1, -0.05) is 30.3 Å². The number of rotatable bonds is 8. The normalized spacial score (nSPS) is 20.7. The van der Waals surface area contributed by atoms with Gasteiger partial charge in [0, 0.05) is 63.2 Å². The number of carbonyl (C=O) groups is 4. The highest BCUT2D eigenvalue weighted by molar-refractivity contribution is 6.05. The van der Waals surface area contributed by atoms with E-state index in [4.69, 9.17) is 0 Å². The zero-order valence-electron chi connectivity index (χ0n) is 21.9. The molecule has 1 N–H and O–H groups in total. The summed E-state index contributed by atoms with van der Waals surface area (Å²) in [4.78, 5) is 55.1. The second-order valence-corrected chi connectivity index (χ2v) is 10.7. The number of piperidine rings is 1. The first-order chi connectivity index (χ1) is 18.6.